The lowest BCUT2D eigenvalue weighted by Gasteiger charge is -2.18. The summed E-state index contributed by atoms with van der Waals surface area (Å²) in [5.74, 6) is 0.984. The van der Waals surface area contributed by atoms with Crippen LogP contribution in [0.25, 0.3) is 0 Å². The van der Waals surface area contributed by atoms with Crippen LogP contribution in [0, 0.1) is 13.8 Å². The molecule has 0 aliphatic carbocycles. The van der Waals surface area contributed by atoms with Crippen molar-refractivity contribution in [2.75, 3.05) is 7.05 Å². The van der Waals surface area contributed by atoms with Gasteiger partial charge in [-0.3, -0.25) is 4.90 Å². The molecule has 0 aliphatic heterocycles. The van der Waals surface area contributed by atoms with Gasteiger partial charge in [-0.1, -0.05) is 24.4 Å². The van der Waals surface area contributed by atoms with Gasteiger partial charge in [0.1, 0.15) is 10.7 Å². The second kappa shape index (κ2) is 6.20. The van der Waals surface area contributed by atoms with E-state index in [4.69, 9.17) is 22.4 Å². The average molecular weight is 288 g/mol. The largest absolute Gasteiger partial charge is 0.469 e. The van der Waals surface area contributed by atoms with E-state index in [-0.39, 0.29) is 0 Å². The van der Waals surface area contributed by atoms with Crippen molar-refractivity contribution in [2.24, 2.45) is 5.73 Å². The lowest BCUT2D eigenvalue weighted by Crippen LogP contribution is -2.18. The summed E-state index contributed by atoms with van der Waals surface area (Å²) in [6.45, 7) is 5.84. The van der Waals surface area contributed by atoms with Crippen LogP contribution in [-0.4, -0.2) is 16.9 Å². The minimum Gasteiger partial charge on any atom is -0.469 e. The molecule has 1 aromatic carbocycles. The SMILES string of the molecule is Cc1cc(C(N)=S)ccc1CN(C)Cc1ccoc1C. The predicted octanol–water partition coefficient (Wildman–Crippen LogP) is 3.16. The molecule has 0 radical (unpaired) electrons. The molecule has 4 heteroatoms. The Morgan fingerprint density at radius 2 is 1.90 bits per heavy atom. The summed E-state index contributed by atoms with van der Waals surface area (Å²) in [5.41, 5.74) is 10.3. The zero-order valence-electron chi connectivity index (χ0n) is 12.1. The second-order valence-corrected chi connectivity index (χ2v) is 5.62. The second-order valence-electron chi connectivity index (χ2n) is 5.18. The van der Waals surface area contributed by atoms with Gasteiger partial charge < -0.3 is 10.2 Å². The molecule has 0 spiro atoms. The molecule has 106 valence electrons. The van der Waals surface area contributed by atoms with E-state index in [9.17, 15) is 0 Å². The maximum absolute atomic E-state index is 5.65. The fourth-order valence-electron chi connectivity index (χ4n) is 2.24. The van der Waals surface area contributed by atoms with Gasteiger partial charge in [-0.05, 0) is 44.2 Å². The molecule has 0 fully saturated rings. The van der Waals surface area contributed by atoms with Crippen LogP contribution >= 0.6 is 12.2 Å². The molecule has 3 nitrogen and oxygen atoms in total. The third-order valence-electron chi connectivity index (χ3n) is 3.47. The summed E-state index contributed by atoms with van der Waals surface area (Å²) >= 11 is 5.00. The fraction of sp³-hybridized carbons (Fsp3) is 0.312. The highest BCUT2D eigenvalue weighted by molar-refractivity contribution is 7.80. The molecule has 0 bridgehead atoms. The lowest BCUT2D eigenvalue weighted by atomic mass is 10.0. The topological polar surface area (TPSA) is 42.4 Å². The van der Waals surface area contributed by atoms with Gasteiger partial charge in [-0.2, -0.15) is 0 Å². The van der Waals surface area contributed by atoms with Gasteiger partial charge in [0.15, 0.2) is 0 Å². The van der Waals surface area contributed by atoms with E-state index < -0.39 is 0 Å². The smallest absolute Gasteiger partial charge is 0.105 e. The Morgan fingerprint density at radius 3 is 2.45 bits per heavy atom. The maximum atomic E-state index is 5.65. The lowest BCUT2D eigenvalue weighted by molar-refractivity contribution is 0.315. The van der Waals surface area contributed by atoms with Crippen LogP contribution in [0.3, 0.4) is 0 Å². The molecular weight excluding hydrogens is 268 g/mol. The third kappa shape index (κ3) is 3.46. The zero-order chi connectivity index (χ0) is 14.7. The summed E-state index contributed by atoms with van der Waals surface area (Å²) in [4.78, 5) is 2.71. The quantitative estimate of drug-likeness (QED) is 0.858. The van der Waals surface area contributed by atoms with Gasteiger partial charge in [0, 0.05) is 24.2 Å². The van der Waals surface area contributed by atoms with Gasteiger partial charge >= 0.3 is 0 Å². The molecule has 20 heavy (non-hydrogen) atoms. The van der Waals surface area contributed by atoms with E-state index >= 15 is 0 Å². The van der Waals surface area contributed by atoms with Crippen LogP contribution in [0.2, 0.25) is 0 Å². The highest BCUT2D eigenvalue weighted by Crippen LogP contribution is 2.16. The number of rotatable bonds is 5. The number of thiocarbonyl (C=S) groups is 1. The zero-order valence-corrected chi connectivity index (χ0v) is 13.0. The van der Waals surface area contributed by atoms with Crippen molar-refractivity contribution in [1.82, 2.24) is 4.90 Å². The molecule has 1 heterocycles. The van der Waals surface area contributed by atoms with Crippen LogP contribution in [-0.2, 0) is 13.1 Å². The van der Waals surface area contributed by atoms with Gasteiger partial charge in [-0.15, -0.1) is 0 Å². The summed E-state index contributed by atoms with van der Waals surface area (Å²) in [5, 5.41) is 0. The minimum absolute atomic E-state index is 0.446. The van der Waals surface area contributed by atoms with Crippen LogP contribution in [0.1, 0.15) is 28.0 Å². The number of nitrogens with zero attached hydrogens (tertiary/aromatic N) is 1. The van der Waals surface area contributed by atoms with E-state index in [0.717, 1.165) is 24.4 Å². The Labute approximate surface area is 125 Å². The predicted molar refractivity (Wildman–Crippen MR) is 85.7 cm³/mol. The number of hydrogen-bond acceptors (Lipinski definition) is 3. The normalized spacial score (nSPS) is 11.0. The third-order valence-corrected chi connectivity index (χ3v) is 3.71. The summed E-state index contributed by atoms with van der Waals surface area (Å²) in [6, 6.07) is 8.16. The summed E-state index contributed by atoms with van der Waals surface area (Å²) in [7, 11) is 2.10. The van der Waals surface area contributed by atoms with Crippen molar-refractivity contribution in [3.05, 3.63) is 58.5 Å². The number of hydrogen-bond donors (Lipinski definition) is 1. The van der Waals surface area contributed by atoms with Crippen molar-refractivity contribution in [1.29, 1.82) is 0 Å². The number of benzene rings is 1. The Morgan fingerprint density at radius 1 is 1.20 bits per heavy atom. The molecule has 1 aromatic heterocycles. The first-order chi connectivity index (χ1) is 9.47. The first-order valence-electron chi connectivity index (χ1n) is 6.58. The van der Waals surface area contributed by atoms with E-state index in [1.165, 1.54) is 16.7 Å². The highest BCUT2D eigenvalue weighted by Gasteiger charge is 2.08. The number of nitrogens with two attached hydrogens (primary N) is 1. The monoisotopic (exact) mass is 288 g/mol. The van der Waals surface area contributed by atoms with Gasteiger partial charge in [0.25, 0.3) is 0 Å². The van der Waals surface area contributed by atoms with Gasteiger partial charge in [0.05, 0.1) is 6.26 Å². The molecule has 0 saturated heterocycles. The molecule has 2 aromatic rings. The number of aryl methyl sites for hydroxylation is 2. The van der Waals surface area contributed by atoms with Crippen LogP contribution in [0.4, 0.5) is 0 Å². The maximum Gasteiger partial charge on any atom is 0.105 e. The Hall–Kier alpha value is -1.65. The summed E-state index contributed by atoms with van der Waals surface area (Å²) in [6.07, 6.45) is 1.74. The number of furan rings is 1. The van der Waals surface area contributed by atoms with E-state index in [1.54, 1.807) is 6.26 Å². The Bertz CT molecular complexity index is 619. The Kier molecular flexibility index (Phi) is 4.57. The minimum atomic E-state index is 0.446. The first-order valence-corrected chi connectivity index (χ1v) is 6.99. The molecule has 2 rings (SSSR count). The van der Waals surface area contributed by atoms with Crippen molar-refractivity contribution in [3.63, 3.8) is 0 Å². The summed E-state index contributed by atoms with van der Waals surface area (Å²) < 4.78 is 5.33. The van der Waals surface area contributed by atoms with E-state index in [1.807, 2.05) is 19.1 Å². The standard InChI is InChI=1S/C16H20N2OS/c1-11-8-13(16(17)20)4-5-14(11)9-18(3)10-15-6-7-19-12(15)2/h4-8H,9-10H2,1-3H3,(H2,17,20). The van der Waals surface area contributed by atoms with Crippen LogP contribution < -0.4 is 5.73 Å². The molecule has 0 saturated carbocycles. The van der Waals surface area contributed by atoms with Crippen molar-refractivity contribution in [3.8, 4) is 0 Å². The van der Waals surface area contributed by atoms with E-state index in [0.29, 0.717) is 4.99 Å². The molecular formula is C16H20N2OS. The molecule has 0 aliphatic rings. The molecule has 0 amide bonds. The van der Waals surface area contributed by atoms with Gasteiger partial charge in [0.2, 0.25) is 0 Å². The van der Waals surface area contributed by atoms with Gasteiger partial charge in [-0.25, -0.2) is 0 Å². The Balaban J connectivity index is 2.06. The molecule has 2 N–H and O–H groups in total. The van der Waals surface area contributed by atoms with Crippen LogP contribution in [0.15, 0.2) is 34.9 Å². The van der Waals surface area contributed by atoms with E-state index in [2.05, 4.69) is 31.0 Å². The van der Waals surface area contributed by atoms with Crippen LogP contribution in [0.5, 0.6) is 0 Å². The average Bonchev–Trinajstić information content (AvgIpc) is 2.77. The molecule has 0 unspecified atom stereocenters. The fourth-order valence-corrected chi connectivity index (χ4v) is 2.37. The van der Waals surface area contributed by atoms with Crippen molar-refractivity contribution in [2.45, 2.75) is 26.9 Å². The molecule has 0 atom stereocenters. The van der Waals surface area contributed by atoms with Crippen molar-refractivity contribution < 1.29 is 4.42 Å². The first kappa shape index (κ1) is 14.8. The highest BCUT2D eigenvalue weighted by atomic mass is 32.1. The van der Waals surface area contributed by atoms with Crippen molar-refractivity contribution >= 4 is 17.2 Å².